The average Bonchev–Trinajstić information content (AvgIpc) is 3.36. The number of nitrogens with one attached hydrogen (secondary N) is 3. The van der Waals surface area contributed by atoms with Gasteiger partial charge in [-0.2, -0.15) is 5.10 Å². The van der Waals surface area contributed by atoms with Gasteiger partial charge in [0.25, 0.3) is 5.91 Å². The molecule has 2 aromatic rings. The van der Waals surface area contributed by atoms with Crippen LogP contribution in [0.25, 0.3) is 11.3 Å². The molecule has 1 unspecified atom stereocenters. The van der Waals surface area contributed by atoms with Crippen LogP contribution in [0.3, 0.4) is 0 Å². The molecule has 2 amide bonds. The molecule has 39 heavy (non-hydrogen) atoms. The molecule has 12 heteroatoms. The highest BCUT2D eigenvalue weighted by molar-refractivity contribution is 5.96. The van der Waals surface area contributed by atoms with Gasteiger partial charge in [0.1, 0.15) is 17.1 Å². The Kier molecular flexibility index (Phi) is 10.2. The van der Waals surface area contributed by atoms with E-state index in [-0.39, 0.29) is 18.4 Å². The molecule has 1 aromatic heterocycles. The van der Waals surface area contributed by atoms with E-state index in [9.17, 15) is 14.4 Å². The highest BCUT2D eigenvalue weighted by atomic mass is 16.6. The van der Waals surface area contributed by atoms with E-state index in [4.69, 9.17) is 18.9 Å². The summed E-state index contributed by atoms with van der Waals surface area (Å²) in [6, 6.07) is 7.23. The molecule has 1 saturated carbocycles. The first kappa shape index (κ1) is 29.8. The van der Waals surface area contributed by atoms with Crippen LogP contribution in [0, 0.1) is 0 Å². The van der Waals surface area contributed by atoms with E-state index >= 15 is 0 Å². The Hall–Kier alpha value is -3.80. The first-order chi connectivity index (χ1) is 18.6. The van der Waals surface area contributed by atoms with Crippen molar-refractivity contribution in [3.05, 3.63) is 30.0 Å². The minimum atomic E-state index is -1.25. The zero-order valence-electron chi connectivity index (χ0n) is 23.5. The predicted molar refractivity (Wildman–Crippen MR) is 144 cm³/mol. The minimum absolute atomic E-state index is 0.0949. The third-order valence-electron chi connectivity index (χ3n) is 6.22. The van der Waals surface area contributed by atoms with E-state index in [1.165, 1.54) is 7.11 Å². The maximum Gasteiger partial charge on any atom is 0.408 e. The largest absolute Gasteiger partial charge is 0.496 e. The van der Waals surface area contributed by atoms with Crippen molar-refractivity contribution in [2.75, 3.05) is 28.0 Å². The van der Waals surface area contributed by atoms with E-state index in [1.807, 2.05) is 22.9 Å². The van der Waals surface area contributed by atoms with Crippen LogP contribution in [-0.4, -0.2) is 67.5 Å². The molecule has 0 saturated heterocycles. The summed E-state index contributed by atoms with van der Waals surface area (Å²) in [5.74, 6) is -0.173. The van der Waals surface area contributed by atoms with Crippen molar-refractivity contribution in [3.8, 4) is 22.8 Å². The van der Waals surface area contributed by atoms with Crippen LogP contribution in [0.1, 0.15) is 69.4 Å². The number of nitrogens with zero attached hydrogens (tertiary/aromatic N) is 2. The number of benzene rings is 1. The molecule has 1 atom stereocenters. The molecule has 1 aromatic carbocycles. The molecule has 12 nitrogen and oxygen atoms in total. The molecule has 0 radical (unpaired) electrons. The van der Waals surface area contributed by atoms with Gasteiger partial charge >= 0.3 is 12.1 Å². The Bertz CT molecular complexity index is 1130. The zero-order chi connectivity index (χ0) is 28.6. The molecule has 0 spiro atoms. The van der Waals surface area contributed by atoms with Crippen molar-refractivity contribution in [3.63, 3.8) is 0 Å². The second-order valence-corrected chi connectivity index (χ2v) is 10.2. The fourth-order valence-corrected chi connectivity index (χ4v) is 4.46. The molecule has 1 aliphatic rings. The Labute approximate surface area is 228 Å². The van der Waals surface area contributed by atoms with Crippen LogP contribution in [0.15, 0.2) is 24.3 Å². The monoisotopic (exact) mass is 545 g/mol. The molecule has 214 valence electrons. The van der Waals surface area contributed by atoms with Crippen LogP contribution in [-0.2, 0) is 14.3 Å². The quantitative estimate of drug-likeness (QED) is 0.302. The summed E-state index contributed by atoms with van der Waals surface area (Å²) in [4.78, 5) is 37.7. The Morgan fingerprint density at radius 1 is 1.05 bits per heavy atom. The first-order valence-electron chi connectivity index (χ1n) is 13.0. The number of carbonyl (C=O) groups is 3. The first-order valence-corrected chi connectivity index (χ1v) is 13.0. The molecule has 1 heterocycles. The summed E-state index contributed by atoms with van der Waals surface area (Å²) in [6.45, 7) is 5.05. The standard InChI is InChI=1S/C27H39N5O7/c1-27(2,3)39-26(35)29-16-28-23(25(34)38-6)30-24(33)18-15-19(32(31-18)17-11-8-7-9-12-17)22-20(36-4)13-10-14-21(22)37-5/h10,13-15,17,23,28H,7-9,11-12,16H2,1-6H3,(H,29,35)(H,30,33). The van der Waals surface area contributed by atoms with Gasteiger partial charge < -0.3 is 29.6 Å². The van der Waals surface area contributed by atoms with Crippen molar-refractivity contribution in [2.45, 2.75) is 70.7 Å². The molecular weight excluding hydrogens is 506 g/mol. The van der Waals surface area contributed by atoms with Crippen molar-refractivity contribution in [1.29, 1.82) is 0 Å². The van der Waals surface area contributed by atoms with E-state index in [0.29, 0.717) is 22.8 Å². The lowest BCUT2D eigenvalue weighted by molar-refractivity contribution is -0.143. The summed E-state index contributed by atoms with van der Waals surface area (Å²) in [5, 5.41) is 12.5. The summed E-state index contributed by atoms with van der Waals surface area (Å²) in [7, 11) is 4.35. The fourth-order valence-electron chi connectivity index (χ4n) is 4.46. The summed E-state index contributed by atoms with van der Waals surface area (Å²) in [5.41, 5.74) is 0.789. The maximum atomic E-state index is 13.3. The van der Waals surface area contributed by atoms with Crippen molar-refractivity contribution in [1.82, 2.24) is 25.7 Å². The lowest BCUT2D eigenvalue weighted by Crippen LogP contribution is -2.54. The highest BCUT2D eigenvalue weighted by Gasteiger charge is 2.29. The third-order valence-corrected chi connectivity index (χ3v) is 6.22. The van der Waals surface area contributed by atoms with Gasteiger partial charge in [0.15, 0.2) is 11.9 Å². The molecular formula is C27H39N5O7. The lowest BCUT2D eigenvalue weighted by atomic mass is 9.95. The van der Waals surface area contributed by atoms with Gasteiger partial charge in [0.2, 0.25) is 0 Å². The summed E-state index contributed by atoms with van der Waals surface area (Å²) in [6.07, 6.45) is 3.21. The number of aromatic nitrogens is 2. The predicted octanol–water partition coefficient (Wildman–Crippen LogP) is 3.37. The molecule has 1 fully saturated rings. The van der Waals surface area contributed by atoms with Crippen molar-refractivity contribution in [2.24, 2.45) is 0 Å². The molecule has 0 bridgehead atoms. The van der Waals surface area contributed by atoms with E-state index in [0.717, 1.165) is 32.1 Å². The topological polar surface area (TPSA) is 142 Å². The van der Waals surface area contributed by atoms with Gasteiger partial charge in [0, 0.05) is 0 Å². The van der Waals surface area contributed by atoms with Gasteiger partial charge in [-0.3, -0.25) is 14.8 Å². The normalized spacial score (nSPS) is 14.7. The van der Waals surface area contributed by atoms with Gasteiger partial charge in [-0.1, -0.05) is 25.3 Å². The van der Waals surface area contributed by atoms with Crippen LogP contribution in [0.5, 0.6) is 11.5 Å². The zero-order valence-corrected chi connectivity index (χ0v) is 23.5. The van der Waals surface area contributed by atoms with Crippen LogP contribution >= 0.6 is 0 Å². The highest BCUT2D eigenvalue weighted by Crippen LogP contribution is 2.41. The number of rotatable bonds is 10. The second-order valence-electron chi connectivity index (χ2n) is 10.2. The van der Waals surface area contributed by atoms with Crippen LogP contribution in [0.4, 0.5) is 4.79 Å². The minimum Gasteiger partial charge on any atom is -0.496 e. The maximum absolute atomic E-state index is 13.3. The van der Waals surface area contributed by atoms with E-state index in [2.05, 4.69) is 21.0 Å². The molecule has 1 aliphatic carbocycles. The van der Waals surface area contributed by atoms with Gasteiger partial charge in [-0.25, -0.2) is 9.59 Å². The lowest BCUT2D eigenvalue weighted by Gasteiger charge is -2.25. The van der Waals surface area contributed by atoms with Crippen molar-refractivity contribution >= 4 is 18.0 Å². The number of methoxy groups -OCH3 is 3. The summed E-state index contributed by atoms with van der Waals surface area (Å²) < 4.78 is 23.1. The summed E-state index contributed by atoms with van der Waals surface area (Å²) >= 11 is 0. The van der Waals surface area contributed by atoms with Gasteiger partial charge in [-0.15, -0.1) is 0 Å². The molecule has 3 rings (SSSR count). The van der Waals surface area contributed by atoms with Crippen LogP contribution in [0.2, 0.25) is 0 Å². The Morgan fingerprint density at radius 2 is 1.69 bits per heavy atom. The number of carbonyl (C=O) groups excluding carboxylic acids is 3. The van der Waals surface area contributed by atoms with E-state index < -0.39 is 29.7 Å². The second kappa shape index (κ2) is 13.3. The Balaban J connectivity index is 1.87. The van der Waals surface area contributed by atoms with Gasteiger partial charge in [0.05, 0.1) is 45.3 Å². The van der Waals surface area contributed by atoms with E-state index in [1.54, 1.807) is 41.1 Å². The molecule has 3 N–H and O–H groups in total. The number of hydrogen-bond acceptors (Lipinski definition) is 9. The average molecular weight is 546 g/mol. The third kappa shape index (κ3) is 7.85. The Morgan fingerprint density at radius 3 is 2.26 bits per heavy atom. The SMILES string of the molecule is COC(=O)C(NCNC(=O)OC(C)(C)C)NC(=O)c1cc(-c2c(OC)cccc2OC)n(C2CCCCC2)n1. The van der Waals surface area contributed by atoms with Gasteiger partial charge in [-0.05, 0) is 51.8 Å². The number of ether oxygens (including phenoxy) is 4. The van der Waals surface area contributed by atoms with Crippen molar-refractivity contribution < 1.29 is 33.3 Å². The number of amides is 2. The number of esters is 1. The number of alkyl carbamates (subject to hydrolysis) is 1. The number of hydrogen-bond donors (Lipinski definition) is 3. The fraction of sp³-hybridized carbons (Fsp3) is 0.556. The smallest absolute Gasteiger partial charge is 0.408 e. The molecule has 0 aliphatic heterocycles. The van der Waals surface area contributed by atoms with Crippen LogP contribution < -0.4 is 25.4 Å².